The Hall–Kier alpha value is -2.96. The van der Waals surface area contributed by atoms with Gasteiger partial charge in [0.2, 0.25) is 5.88 Å². The fraction of sp³-hybridized carbons (Fsp3) is 0.200. The van der Waals surface area contributed by atoms with Crippen molar-refractivity contribution in [3.8, 4) is 17.0 Å². The summed E-state index contributed by atoms with van der Waals surface area (Å²) < 4.78 is 5.27. The van der Waals surface area contributed by atoms with Gasteiger partial charge in [-0.3, -0.25) is 14.6 Å². The van der Waals surface area contributed by atoms with Gasteiger partial charge in [0.15, 0.2) is 0 Å². The largest absolute Gasteiger partial charge is 0.480 e. The van der Waals surface area contributed by atoms with Crippen molar-refractivity contribution >= 4 is 11.9 Å². The Kier molecular flexibility index (Phi) is 5.02. The van der Waals surface area contributed by atoms with Gasteiger partial charge >= 0.3 is 5.97 Å². The van der Waals surface area contributed by atoms with Crippen molar-refractivity contribution < 1.29 is 19.4 Å². The zero-order valence-corrected chi connectivity index (χ0v) is 11.9. The lowest BCUT2D eigenvalue weighted by Gasteiger charge is -2.05. The summed E-state index contributed by atoms with van der Waals surface area (Å²) in [4.78, 5) is 30.2. The molecule has 2 rings (SSSR count). The van der Waals surface area contributed by atoms with Crippen LogP contribution in [0.5, 0.6) is 5.88 Å². The lowest BCUT2D eigenvalue weighted by atomic mass is 10.1. The number of rotatable bonds is 6. The van der Waals surface area contributed by atoms with E-state index in [2.05, 4.69) is 15.3 Å². The highest BCUT2D eigenvalue weighted by molar-refractivity contribution is 5.94. The van der Waals surface area contributed by atoms with E-state index in [0.29, 0.717) is 12.5 Å². The Morgan fingerprint density at radius 3 is 2.32 bits per heavy atom. The minimum absolute atomic E-state index is 0.156. The molecule has 0 aliphatic carbocycles. The van der Waals surface area contributed by atoms with Crippen molar-refractivity contribution in [1.29, 1.82) is 0 Å². The molecule has 0 aliphatic rings. The number of carboxylic acids is 1. The molecule has 0 radical (unpaired) electrons. The highest BCUT2D eigenvalue weighted by atomic mass is 16.5. The molecule has 0 unspecified atom stereocenters. The third-order valence-corrected chi connectivity index (χ3v) is 2.76. The Labute approximate surface area is 127 Å². The van der Waals surface area contributed by atoms with Gasteiger partial charge in [-0.2, -0.15) is 0 Å². The van der Waals surface area contributed by atoms with Crippen LogP contribution in [0.4, 0.5) is 0 Å². The third kappa shape index (κ3) is 4.02. The fourth-order valence-electron chi connectivity index (χ4n) is 1.73. The van der Waals surface area contributed by atoms with E-state index < -0.39 is 18.4 Å². The first-order chi connectivity index (χ1) is 10.6. The molecule has 2 aromatic heterocycles. The van der Waals surface area contributed by atoms with Crippen LogP contribution >= 0.6 is 0 Å². The number of amides is 1. The van der Waals surface area contributed by atoms with Gasteiger partial charge < -0.3 is 15.2 Å². The number of hydrogen-bond donors (Lipinski definition) is 2. The predicted molar refractivity (Wildman–Crippen MR) is 78.6 cm³/mol. The molecular weight excluding hydrogens is 286 g/mol. The molecule has 0 aliphatic heterocycles. The molecule has 0 saturated heterocycles. The van der Waals surface area contributed by atoms with Gasteiger partial charge in [-0.25, -0.2) is 4.98 Å². The first-order valence-electron chi connectivity index (χ1n) is 6.65. The second kappa shape index (κ2) is 7.16. The number of pyridine rings is 2. The maximum atomic E-state index is 11.6. The van der Waals surface area contributed by atoms with E-state index >= 15 is 0 Å². The van der Waals surface area contributed by atoms with E-state index in [1.807, 2.05) is 13.0 Å². The minimum atomic E-state index is -1.11. The summed E-state index contributed by atoms with van der Waals surface area (Å²) in [6.07, 6.45) is 3.19. The molecule has 114 valence electrons. The van der Waals surface area contributed by atoms with Crippen LogP contribution in [0.3, 0.4) is 0 Å². The van der Waals surface area contributed by atoms with Crippen molar-refractivity contribution in [2.24, 2.45) is 0 Å². The van der Waals surface area contributed by atoms with Gasteiger partial charge in [0.05, 0.1) is 6.61 Å². The Morgan fingerprint density at radius 1 is 1.14 bits per heavy atom. The highest BCUT2D eigenvalue weighted by Crippen LogP contribution is 2.19. The fourth-order valence-corrected chi connectivity index (χ4v) is 1.73. The molecule has 2 heterocycles. The quantitative estimate of drug-likeness (QED) is 0.835. The molecule has 0 fully saturated rings. The Bertz CT molecular complexity index is 653. The smallest absolute Gasteiger partial charge is 0.322 e. The van der Waals surface area contributed by atoms with Gasteiger partial charge in [0, 0.05) is 29.6 Å². The van der Waals surface area contributed by atoms with Crippen LogP contribution in [-0.4, -0.2) is 40.1 Å². The van der Waals surface area contributed by atoms with E-state index in [-0.39, 0.29) is 5.69 Å². The molecular formula is C15H15N3O4. The predicted octanol–water partition coefficient (Wildman–Crippen LogP) is 1.36. The summed E-state index contributed by atoms with van der Waals surface area (Å²) in [6, 6.07) is 6.86. The molecule has 7 heteroatoms. The summed E-state index contributed by atoms with van der Waals surface area (Å²) >= 11 is 0. The average Bonchev–Trinajstić information content (AvgIpc) is 2.54. The van der Waals surface area contributed by atoms with E-state index in [0.717, 1.165) is 11.1 Å². The number of hydrogen-bond acceptors (Lipinski definition) is 5. The van der Waals surface area contributed by atoms with Crippen molar-refractivity contribution in [1.82, 2.24) is 15.3 Å². The van der Waals surface area contributed by atoms with Crippen LogP contribution in [0.1, 0.15) is 17.4 Å². The van der Waals surface area contributed by atoms with Gasteiger partial charge in [0.25, 0.3) is 5.91 Å². The Morgan fingerprint density at radius 2 is 1.82 bits per heavy atom. The van der Waals surface area contributed by atoms with Crippen LogP contribution in [0.2, 0.25) is 0 Å². The third-order valence-electron chi connectivity index (χ3n) is 2.76. The molecule has 22 heavy (non-hydrogen) atoms. The van der Waals surface area contributed by atoms with Gasteiger partial charge in [-0.1, -0.05) is 6.07 Å². The topological polar surface area (TPSA) is 101 Å². The zero-order chi connectivity index (χ0) is 15.9. The lowest BCUT2D eigenvalue weighted by Crippen LogP contribution is -2.29. The number of nitrogens with one attached hydrogen (secondary N) is 1. The normalized spacial score (nSPS) is 10.0. The van der Waals surface area contributed by atoms with Crippen LogP contribution in [0.15, 0.2) is 36.7 Å². The number of nitrogens with zero attached hydrogens (tertiary/aromatic N) is 2. The summed E-state index contributed by atoms with van der Waals surface area (Å²) in [6.45, 7) is 1.99. The van der Waals surface area contributed by atoms with E-state index in [9.17, 15) is 9.59 Å². The molecule has 1 amide bonds. The highest BCUT2D eigenvalue weighted by Gasteiger charge is 2.09. The maximum absolute atomic E-state index is 11.6. The molecule has 2 N–H and O–H groups in total. The number of carboxylic acid groups (broad SMARTS) is 1. The second-order valence-electron chi connectivity index (χ2n) is 4.33. The van der Waals surface area contributed by atoms with Crippen LogP contribution in [-0.2, 0) is 4.79 Å². The number of carbonyl (C=O) groups is 2. The van der Waals surface area contributed by atoms with Crippen molar-refractivity contribution in [2.45, 2.75) is 6.92 Å². The van der Waals surface area contributed by atoms with Crippen molar-refractivity contribution in [2.75, 3.05) is 13.2 Å². The molecule has 0 saturated carbocycles. The molecule has 0 spiro atoms. The van der Waals surface area contributed by atoms with Crippen LogP contribution in [0, 0.1) is 0 Å². The van der Waals surface area contributed by atoms with E-state index in [4.69, 9.17) is 9.84 Å². The average molecular weight is 301 g/mol. The summed E-state index contributed by atoms with van der Waals surface area (Å²) in [5, 5.41) is 10.8. The first-order valence-corrected chi connectivity index (χ1v) is 6.65. The number of aromatic nitrogens is 2. The SMILES string of the molecule is CCOc1ccc(-c2ccc(C(=O)NCC(=O)O)nc2)cn1. The van der Waals surface area contributed by atoms with E-state index in [1.54, 1.807) is 18.3 Å². The second-order valence-corrected chi connectivity index (χ2v) is 4.33. The summed E-state index contributed by atoms with van der Waals surface area (Å²) in [5.74, 6) is -1.09. The minimum Gasteiger partial charge on any atom is -0.480 e. The van der Waals surface area contributed by atoms with Gasteiger partial charge in [-0.05, 0) is 19.1 Å². The monoisotopic (exact) mass is 301 g/mol. The van der Waals surface area contributed by atoms with Crippen LogP contribution < -0.4 is 10.1 Å². The molecule has 0 atom stereocenters. The lowest BCUT2D eigenvalue weighted by molar-refractivity contribution is -0.135. The first kappa shape index (κ1) is 15.4. The Balaban J connectivity index is 2.07. The van der Waals surface area contributed by atoms with Crippen molar-refractivity contribution in [3.05, 3.63) is 42.4 Å². The number of aliphatic carboxylic acids is 1. The summed E-state index contributed by atoms with van der Waals surface area (Å²) in [5.41, 5.74) is 1.79. The number of carbonyl (C=O) groups excluding carboxylic acids is 1. The standard InChI is InChI=1S/C15H15N3O4/c1-2-22-13-6-4-11(8-17-13)10-3-5-12(16-7-10)15(21)18-9-14(19)20/h3-8H,2,9H2,1H3,(H,18,21)(H,19,20). The van der Waals surface area contributed by atoms with Gasteiger partial charge in [0.1, 0.15) is 12.2 Å². The molecule has 0 bridgehead atoms. The molecule has 0 aromatic carbocycles. The zero-order valence-electron chi connectivity index (χ0n) is 11.9. The van der Waals surface area contributed by atoms with Gasteiger partial charge in [-0.15, -0.1) is 0 Å². The van der Waals surface area contributed by atoms with E-state index in [1.165, 1.54) is 12.3 Å². The van der Waals surface area contributed by atoms with Crippen molar-refractivity contribution in [3.63, 3.8) is 0 Å². The number of ether oxygens (including phenoxy) is 1. The maximum Gasteiger partial charge on any atom is 0.322 e. The molecule has 7 nitrogen and oxygen atoms in total. The van der Waals surface area contributed by atoms with Crippen LogP contribution in [0.25, 0.3) is 11.1 Å². The summed E-state index contributed by atoms with van der Waals surface area (Å²) in [7, 11) is 0. The molecule has 2 aromatic rings.